The van der Waals surface area contributed by atoms with Gasteiger partial charge in [0.1, 0.15) is 5.75 Å². The van der Waals surface area contributed by atoms with Gasteiger partial charge in [0.2, 0.25) is 0 Å². The average molecular weight is 206 g/mol. The molecular formula is C12H18N2O. The molecule has 0 aliphatic carbocycles. The van der Waals surface area contributed by atoms with Crippen LogP contribution in [0, 0.1) is 0 Å². The molecule has 0 aliphatic heterocycles. The number of hydrogen-bond donors (Lipinski definition) is 2. The molecule has 3 nitrogen and oxygen atoms in total. The van der Waals surface area contributed by atoms with E-state index in [2.05, 4.69) is 11.9 Å². The summed E-state index contributed by atoms with van der Waals surface area (Å²) in [7, 11) is 0. The summed E-state index contributed by atoms with van der Waals surface area (Å²) in [5.74, 6) is 0.726. The third kappa shape index (κ3) is 3.54. The highest BCUT2D eigenvalue weighted by Gasteiger charge is 2.01. The molecule has 3 heteroatoms. The maximum absolute atomic E-state index is 5.76. The number of rotatable bonds is 5. The first kappa shape index (κ1) is 11.4. The van der Waals surface area contributed by atoms with Crippen LogP contribution in [0.4, 0.5) is 11.4 Å². The van der Waals surface area contributed by atoms with E-state index in [9.17, 15) is 0 Å². The molecule has 15 heavy (non-hydrogen) atoms. The fourth-order valence-corrected chi connectivity index (χ4v) is 1.18. The molecule has 0 fully saturated rings. The van der Waals surface area contributed by atoms with E-state index < -0.39 is 0 Å². The minimum Gasteiger partial charge on any atom is -0.492 e. The Balaban J connectivity index is 2.73. The van der Waals surface area contributed by atoms with Crippen LogP contribution >= 0.6 is 0 Å². The van der Waals surface area contributed by atoms with Crippen LogP contribution in [-0.4, -0.2) is 13.2 Å². The molecule has 0 radical (unpaired) electrons. The van der Waals surface area contributed by atoms with Crippen molar-refractivity contribution in [2.24, 2.45) is 0 Å². The molecule has 1 aromatic rings. The summed E-state index contributed by atoms with van der Waals surface area (Å²) >= 11 is 0. The highest BCUT2D eigenvalue weighted by molar-refractivity contribution is 5.61. The third-order valence-corrected chi connectivity index (χ3v) is 1.91. The molecule has 1 aromatic carbocycles. The number of nitrogen functional groups attached to an aromatic ring is 1. The maximum Gasteiger partial charge on any atom is 0.144 e. The Morgan fingerprint density at radius 2 is 2.27 bits per heavy atom. The summed E-state index contributed by atoms with van der Waals surface area (Å²) in [4.78, 5) is 0. The van der Waals surface area contributed by atoms with E-state index in [0.29, 0.717) is 12.3 Å². The van der Waals surface area contributed by atoms with Gasteiger partial charge in [-0.15, -0.1) is 0 Å². The summed E-state index contributed by atoms with van der Waals surface area (Å²) in [5, 5.41) is 3.24. The minimum atomic E-state index is 0.619. The summed E-state index contributed by atoms with van der Waals surface area (Å²) in [6, 6.07) is 5.67. The smallest absolute Gasteiger partial charge is 0.144 e. The fraction of sp³-hybridized carbons (Fsp3) is 0.333. The normalized spacial score (nSPS) is 9.73. The first-order valence-corrected chi connectivity index (χ1v) is 5.04. The summed E-state index contributed by atoms with van der Waals surface area (Å²) in [6.07, 6.45) is 0. The zero-order valence-corrected chi connectivity index (χ0v) is 9.34. The summed E-state index contributed by atoms with van der Waals surface area (Å²) < 4.78 is 5.40. The average Bonchev–Trinajstić information content (AvgIpc) is 2.19. The van der Waals surface area contributed by atoms with Gasteiger partial charge in [-0.25, -0.2) is 0 Å². The van der Waals surface area contributed by atoms with Crippen molar-refractivity contribution in [1.82, 2.24) is 0 Å². The van der Waals surface area contributed by atoms with Crippen LogP contribution in [-0.2, 0) is 0 Å². The molecule has 0 unspecified atom stereocenters. The number of hydrogen-bond acceptors (Lipinski definition) is 3. The van der Waals surface area contributed by atoms with Gasteiger partial charge in [0.05, 0.1) is 12.3 Å². The van der Waals surface area contributed by atoms with Gasteiger partial charge < -0.3 is 15.8 Å². The Morgan fingerprint density at radius 3 is 2.87 bits per heavy atom. The lowest BCUT2D eigenvalue weighted by molar-refractivity contribution is 0.342. The standard InChI is InChI=1S/C12H18N2O/c1-4-15-12-7-10(5-6-11(12)13)14-8-9(2)3/h5-7,14H,2,4,8,13H2,1,3H3. The van der Waals surface area contributed by atoms with E-state index in [1.165, 1.54) is 0 Å². The molecule has 0 spiro atoms. The number of ether oxygens (including phenoxy) is 1. The maximum atomic E-state index is 5.76. The quantitative estimate of drug-likeness (QED) is 0.575. The molecule has 0 atom stereocenters. The van der Waals surface area contributed by atoms with Crippen LogP contribution in [0.2, 0.25) is 0 Å². The van der Waals surface area contributed by atoms with Gasteiger partial charge in [0.25, 0.3) is 0 Å². The van der Waals surface area contributed by atoms with Crippen LogP contribution in [0.5, 0.6) is 5.75 Å². The lowest BCUT2D eigenvalue weighted by Crippen LogP contribution is -2.03. The van der Waals surface area contributed by atoms with Crippen LogP contribution < -0.4 is 15.8 Å². The second-order valence-electron chi connectivity index (χ2n) is 3.50. The lowest BCUT2D eigenvalue weighted by Gasteiger charge is -2.10. The van der Waals surface area contributed by atoms with Crippen molar-refractivity contribution in [3.05, 3.63) is 30.4 Å². The fourth-order valence-electron chi connectivity index (χ4n) is 1.18. The zero-order valence-electron chi connectivity index (χ0n) is 9.34. The molecule has 0 heterocycles. The Bertz CT molecular complexity index is 347. The van der Waals surface area contributed by atoms with E-state index in [1.54, 1.807) is 0 Å². The molecule has 0 saturated heterocycles. The summed E-state index contributed by atoms with van der Waals surface area (Å²) in [6.45, 7) is 9.12. The van der Waals surface area contributed by atoms with Crippen LogP contribution in [0.1, 0.15) is 13.8 Å². The van der Waals surface area contributed by atoms with Crippen molar-refractivity contribution in [3.8, 4) is 5.75 Å². The topological polar surface area (TPSA) is 47.3 Å². The van der Waals surface area contributed by atoms with Crippen molar-refractivity contribution < 1.29 is 4.74 Å². The molecule has 1 rings (SSSR count). The Morgan fingerprint density at radius 1 is 1.53 bits per heavy atom. The van der Waals surface area contributed by atoms with Gasteiger partial charge in [0, 0.05) is 18.3 Å². The van der Waals surface area contributed by atoms with Crippen LogP contribution in [0.3, 0.4) is 0 Å². The second-order valence-corrected chi connectivity index (χ2v) is 3.50. The Labute approximate surface area is 90.9 Å². The van der Waals surface area contributed by atoms with Crippen molar-refractivity contribution >= 4 is 11.4 Å². The number of anilines is 2. The zero-order chi connectivity index (χ0) is 11.3. The van der Waals surface area contributed by atoms with E-state index in [1.807, 2.05) is 32.0 Å². The van der Waals surface area contributed by atoms with Gasteiger partial charge in [-0.2, -0.15) is 0 Å². The largest absolute Gasteiger partial charge is 0.492 e. The molecule has 3 N–H and O–H groups in total. The number of nitrogens with one attached hydrogen (secondary N) is 1. The van der Waals surface area contributed by atoms with Gasteiger partial charge in [0.15, 0.2) is 0 Å². The van der Waals surface area contributed by atoms with E-state index in [0.717, 1.165) is 23.6 Å². The molecule has 82 valence electrons. The van der Waals surface area contributed by atoms with Gasteiger partial charge in [-0.05, 0) is 26.0 Å². The third-order valence-electron chi connectivity index (χ3n) is 1.91. The number of benzene rings is 1. The van der Waals surface area contributed by atoms with Crippen LogP contribution in [0.25, 0.3) is 0 Å². The molecular weight excluding hydrogens is 188 g/mol. The van der Waals surface area contributed by atoms with Crippen molar-refractivity contribution in [2.45, 2.75) is 13.8 Å². The van der Waals surface area contributed by atoms with Gasteiger partial charge >= 0.3 is 0 Å². The van der Waals surface area contributed by atoms with Crippen molar-refractivity contribution in [3.63, 3.8) is 0 Å². The van der Waals surface area contributed by atoms with Gasteiger partial charge in [-0.1, -0.05) is 12.2 Å². The van der Waals surface area contributed by atoms with Crippen LogP contribution in [0.15, 0.2) is 30.4 Å². The first-order valence-electron chi connectivity index (χ1n) is 5.04. The van der Waals surface area contributed by atoms with E-state index >= 15 is 0 Å². The Hall–Kier alpha value is -1.64. The van der Waals surface area contributed by atoms with Crippen molar-refractivity contribution in [1.29, 1.82) is 0 Å². The lowest BCUT2D eigenvalue weighted by atomic mass is 10.2. The van der Waals surface area contributed by atoms with Crippen molar-refractivity contribution in [2.75, 3.05) is 24.2 Å². The molecule has 0 saturated carbocycles. The highest BCUT2D eigenvalue weighted by atomic mass is 16.5. The predicted molar refractivity (Wildman–Crippen MR) is 65.3 cm³/mol. The molecule has 0 aliphatic rings. The Kier molecular flexibility index (Phi) is 4.03. The van der Waals surface area contributed by atoms with Gasteiger partial charge in [-0.3, -0.25) is 0 Å². The monoisotopic (exact) mass is 206 g/mol. The second kappa shape index (κ2) is 5.29. The first-order chi connectivity index (χ1) is 7.13. The SMILES string of the molecule is C=C(C)CNc1ccc(N)c(OCC)c1. The van der Waals surface area contributed by atoms with E-state index in [-0.39, 0.29) is 0 Å². The molecule has 0 aromatic heterocycles. The minimum absolute atomic E-state index is 0.619. The summed E-state index contributed by atoms with van der Waals surface area (Å²) in [5.41, 5.74) is 8.51. The van der Waals surface area contributed by atoms with E-state index in [4.69, 9.17) is 10.5 Å². The number of nitrogens with two attached hydrogens (primary N) is 1. The molecule has 0 amide bonds. The highest BCUT2D eigenvalue weighted by Crippen LogP contribution is 2.25. The predicted octanol–water partition coefficient (Wildman–Crippen LogP) is 2.66. The molecule has 0 bridgehead atoms.